The van der Waals surface area contributed by atoms with Gasteiger partial charge in [-0.25, -0.2) is 9.67 Å². The quantitative estimate of drug-likeness (QED) is 0.581. The molecule has 3 aromatic heterocycles. The molecule has 1 N–H and O–H groups in total. The number of aromatic nitrogens is 3. The van der Waals surface area contributed by atoms with Crippen molar-refractivity contribution in [3.63, 3.8) is 0 Å². The van der Waals surface area contributed by atoms with Gasteiger partial charge >= 0.3 is 0 Å². The van der Waals surface area contributed by atoms with Gasteiger partial charge in [0.25, 0.3) is 5.91 Å². The highest BCUT2D eigenvalue weighted by Crippen LogP contribution is 2.27. The summed E-state index contributed by atoms with van der Waals surface area (Å²) in [5.41, 5.74) is 2.37. The van der Waals surface area contributed by atoms with E-state index in [4.69, 9.17) is 0 Å². The third-order valence-electron chi connectivity index (χ3n) is 3.58. The summed E-state index contributed by atoms with van der Waals surface area (Å²) in [4.78, 5) is 17.8. The van der Waals surface area contributed by atoms with Gasteiger partial charge in [0.15, 0.2) is 0 Å². The highest BCUT2D eigenvalue weighted by atomic mass is 32.1. The van der Waals surface area contributed by atoms with Gasteiger partial charge in [0.1, 0.15) is 10.7 Å². The van der Waals surface area contributed by atoms with Crippen LogP contribution in [0.1, 0.15) is 16.1 Å². The lowest BCUT2D eigenvalue weighted by atomic mass is 10.3. The predicted octanol–water partition coefficient (Wildman–Crippen LogP) is 3.99. The molecule has 0 spiro atoms. The maximum absolute atomic E-state index is 12.3. The van der Waals surface area contributed by atoms with Crippen LogP contribution in [0.4, 0.5) is 0 Å². The lowest BCUT2D eigenvalue weighted by Crippen LogP contribution is -2.22. The van der Waals surface area contributed by atoms with Crippen molar-refractivity contribution in [2.45, 2.75) is 6.54 Å². The standard InChI is InChI=1S/C18H14N4OS2/c23-17(15-12-25-18(21-15)16-7-4-8-24-16)19-9-13-10-20-22(11-13)14-5-2-1-3-6-14/h1-8,10-12H,9H2,(H,19,23). The van der Waals surface area contributed by atoms with Crippen LogP contribution in [-0.4, -0.2) is 20.7 Å². The van der Waals surface area contributed by atoms with E-state index >= 15 is 0 Å². The van der Waals surface area contributed by atoms with E-state index in [0.717, 1.165) is 21.1 Å². The van der Waals surface area contributed by atoms with E-state index in [1.165, 1.54) is 11.3 Å². The molecule has 0 aliphatic rings. The van der Waals surface area contributed by atoms with Crippen LogP contribution in [0.5, 0.6) is 0 Å². The van der Waals surface area contributed by atoms with E-state index in [-0.39, 0.29) is 5.91 Å². The summed E-state index contributed by atoms with van der Waals surface area (Å²) in [6.07, 6.45) is 3.67. The Morgan fingerprint density at radius 2 is 2.00 bits per heavy atom. The molecule has 0 unspecified atom stereocenters. The van der Waals surface area contributed by atoms with E-state index < -0.39 is 0 Å². The van der Waals surface area contributed by atoms with Gasteiger partial charge in [-0.2, -0.15) is 5.10 Å². The zero-order valence-corrected chi connectivity index (χ0v) is 14.8. The maximum atomic E-state index is 12.3. The molecule has 5 nitrogen and oxygen atoms in total. The second kappa shape index (κ2) is 7.00. The molecule has 4 aromatic rings. The number of thiophene rings is 1. The topological polar surface area (TPSA) is 59.8 Å². The third-order valence-corrected chi connectivity index (χ3v) is 5.46. The zero-order valence-electron chi connectivity index (χ0n) is 13.1. The van der Waals surface area contributed by atoms with E-state index in [1.54, 1.807) is 27.6 Å². The summed E-state index contributed by atoms with van der Waals surface area (Å²) >= 11 is 3.10. The molecule has 25 heavy (non-hydrogen) atoms. The van der Waals surface area contributed by atoms with E-state index in [2.05, 4.69) is 15.4 Å². The van der Waals surface area contributed by atoms with Crippen LogP contribution in [0, 0.1) is 0 Å². The largest absolute Gasteiger partial charge is 0.346 e. The number of hydrogen-bond donors (Lipinski definition) is 1. The minimum atomic E-state index is -0.175. The number of nitrogens with zero attached hydrogens (tertiary/aromatic N) is 3. The fourth-order valence-electron chi connectivity index (χ4n) is 2.34. The van der Waals surface area contributed by atoms with Gasteiger partial charge in [-0.15, -0.1) is 22.7 Å². The molecule has 0 saturated carbocycles. The molecule has 7 heteroatoms. The molecule has 0 radical (unpaired) electrons. The van der Waals surface area contributed by atoms with Gasteiger partial charge in [-0.1, -0.05) is 24.3 Å². The monoisotopic (exact) mass is 366 g/mol. The molecule has 1 aromatic carbocycles. The zero-order chi connectivity index (χ0) is 17.1. The number of carbonyl (C=O) groups excluding carboxylic acids is 1. The van der Waals surface area contributed by atoms with Gasteiger partial charge in [0, 0.05) is 23.7 Å². The van der Waals surface area contributed by atoms with E-state index in [1.807, 2.05) is 54.0 Å². The number of rotatable bonds is 5. The van der Waals surface area contributed by atoms with Gasteiger partial charge in [-0.3, -0.25) is 4.79 Å². The second-order valence-corrected chi connectivity index (χ2v) is 7.13. The van der Waals surface area contributed by atoms with Crippen molar-refractivity contribution in [2.75, 3.05) is 0 Å². The molecule has 0 aliphatic carbocycles. The molecule has 4 rings (SSSR count). The number of hydrogen-bond acceptors (Lipinski definition) is 5. The summed E-state index contributed by atoms with van der Waals surface area (Å²) in [7, 11) is 0. The first-order valence-corrected chi connectivity index (χ1v) is 9.42. The molecule has 0 bridgehead atoms. The number of carbonyl (C=O) groups is 1. The van der Waals surface area contributed by atoms with Crippen molar-refractivity contribution in [3.05, 3.63) is 76.9 Å². The van der Waals surface area contributed by atoms with Gasteiger partial charge < -0.3 is 5.32 Å². The minimum absolute atomic E-state index is 0.175. The second-order valence-electron chi connectivity index (χ2n) is 5.33. The van der Waals surface area contributed by atoms with Gasteiger partial charge in [0.2, 0.25) is 0 Å². The number of thiazole rings is 1. The Labute approximate surface area is 152 Å². The Hall–Kier alpha value is -2.77. The van der Waals surface area contributed by atoms with Crippen molar-refractivity contribution >= 4 is 28.6 Å². The number of para-hydroxylation sites is 1. The first-order valence-electron chi connectivity index (χ1n) is 7.66. The summed E-state index contributed by atoms with van der Waals surface area (Å²) < 4.78 is 1.79. The van der Waals surface area contributed by atoms with Crippen LogP contribution in [-0.2, 0) is 6.54 Å². The molecule has 0 fully saturated rings. The van der Waals surface area contributed by atoms with Crippen molar-refractivity contribution < 1.29 is 4.79 Å². The molecule has 0 atom stereocenters. The molecule has 1 amide bonds. The Bertz CT molecular complexity index is 974. The van der Waals surface area contributed by atoms with Crippen molar-refractivity contribution in [1.82, 2.24) is 20.1 Å². The van der Waals surface area contributed by atoms with E-state index in [9.17, 15) is 4.79 Å². The molecule has 3 heterocycles. The summed E-state index contributed by atoms with van der Waals surface area (Å²) in [5, 5.41) is 11.9. The Balaban J connectivity index is 1.40. The van der Waals surface area contributed by atoms with Gasteiger partial charge in [0.05, 0.1) is 16.8 Å². The number of amides is 1. The Morgan fingerprint density at radius 3 is 2.80 bits per heavy atom. The number of benzene rings is 1. The van der Waals surface area contributed by atoms with Gasteiger partial charge in [-0.05, 0) is 23.6 Å². The van der Waals surface area contributed by atoms with Crippen LogP contribution >= 0.6 is 22.7 Å². The lowest BCUT2D eigenvalue weighted by molar-refractivity contribution is 0.0946. The molecule has 0 saturated heterocycles. The normalized spacial score (nSPS) is 10.7. The van der Waals surface area contributed by atoms with Crippen LogP contribution in [0.25, 0.3) is 15.6 Å². The fourth-order valence-corrected chi connectivity index (χ4v) is 3.95. The van der Waals surface area contributed by atoms with Crippen molar-refractivity contribution in [2.24, 2.45) is 0 Å². The van der Waals surface area contributed by atoms with Crippen LogP contribution < -0.4 is 5.32 Å². The molecule has 0 aliphatic heterocycles. The highest BCUT2D eigenvalue weighted by molar-refractivity contribution is 7.20. The predicted molar refractivity (Wildman–Crippen MR) is 100 cm³/mol. The average Bonchev–Trinajstić information content (AvgIpc) is 3.41. The minimum Gasteiger partial charge on any atom is -0.346 e. The van der Waals surface area contributed by atoms with E-state index in [0.29, 0.717) is 12.2 Å². The molecular weight excluding hydrogens is 352 g/mol. The van der Waals surface area contributed by atoms with Crippen LogP contribution in [0.3, 0.4) is 0 Å². The van der Waals surface area contributed by atoms with Crippen LogP contribution in [0.15, 0.2) is 65.6 Å². The molecular formula is C18H14N4OS2. The summed E-state index contributed by atoms with van der Waals surface area (Å²) in [6.45, 7) is 0.414. The number of nitrogens with one attached hydrogen (secondary N) is 1. The SMILES string of the molecule is O=C(NCc1cnn(-c2ccccc2)c1)c1csc(-c2cccs2)n1. The Kier molecular flexibility index (Phi) is 4.41. The smallest absolute Gasteiger partial charge is 0.271 e. The summed E-state index contributed by atoms with van der Waals surface area (Å²) in [6, 6.07) is 13.8. The van der Waals surface area contributed by atoms with Crippen molar-refractivity contribution in [3.8, 4) is 15.6 Å². The fraction of sp³-hybridized carbons (Fsp3) is 0.0556. The highest BCUT2D eigenvalue weighted by Gasteiger charge is 2.12. The Morgan fingerprint density at radius 1 is 1.12 bits per heavy atom. The summed E-state index contributed by atoms with van der Waals surface area (Å²) in [5.74, 6) is -0.175. The van der Waals surface area contributed by atoms with Crippen LogP contribution in [0.2, 0.25) is 0 Å². The lowest BCUT2D eigenvalue weighted by Gasteiger charge is -2.01. The average molecular weight is 366 g/mol. The third kappa shape index (κ3) is 3.52. The first kappa shape index (κ1) is 15.7. The maximum Gasteiger partial charge on any atom is 0.271 e. The van der Waals surface area contributed by atoms with Crippen molar-refractivity contribution in [1.29, 1.82) is 0 Å². The first-order chi connectivity index (χ1) is 12.3. The molecule has 124 valence electrons.